The quantitative estimate of drug-likeness (QED) is 0.869. The molecule has 3 atom stereocenters. The van der Waals surface area contributed by atoms with Gasteiger partial charge < -0.3 is 5.32 Å². The summed E-state index contributed by atoms with van der Waals surface area (Å²) in [7, 11) is 1.99. The van der Waals surface area contributed by atoms with Crippen LogP contribution >= 0.6 is 0 Å². The van der Waals surface area contributed by atoms with Gasteiger partial charge in [0.1, 0.15) is 0 Å². The molecule has 0 aliphatic heterocycles. The summed E-state index contributed by atoms with van der Waals surface area (Å²) in [6.45, 7) is 5.68. The highest BCUT2D eigenvalue weighted by molar-refractivity contribution is 5.07. The molecule has 1 saturated carbocycles. The van der Waals surface area contributed by atoms with E-state index >= 15 is 0 Å². The lowest BCUT2D eigenvalue weighted by atomic mass is 9.77. The van der Waals surface area contributed by atoms with E-state index in [4.69, 9.17) is 0 Å². The summed E-state index contributed by atoms with van der Waals surface area (Å²) in [4.78, 5) is 0. The van der Waals surface area contributed by atoms with Crippen LogP contribution in [0.15, 0.2) is 12.4 Å². The van der Waals surface area contributed by atoms with Crippen molar-refractivity contribution in [2.24, 2.45) is 18.9 Å². The van der Waals surface area contributed by atoms with Gasteiger partial charge in [-0.3, -0.25) is 4.68 Å². The highest BCUT2D eigenvalue weighted by atomic mass is 15.2. The van der Waals surface area contributed by atoms with Gasteiger partial charge in [0.2, 0.25) is 0 Å². The summed E-state index contributed by atoms with van der Waals surface area (Å²) in [6, 6.07) is 0.627. The fourth-order valence-corrected chi connectivity index (χ4v) is 3.35. The van der Waals surface area contributed by atoms with Crippen LogP contribution in [-0.4, -0.2) is 22.4 Å². The lowest BCUT2D eigenvalue weighted by molar-refractivity contribution is 0.222. The number of nitrogens with zero attached hydrogens (tertiary/aromatic N) is 2. The molecule has 0 bridgehead atoms. The molecule has 0 radical (unpaired) electrons. The van der Waals surface area contributed by atoms with Crippen molar-refractivity contribution >= 4 is 0 Å². The Bertz CT molecular complexity index is 358. The minimum absolute atomic E-state index is 0.627. The van der Waals surface area contributed by atoms with Crippen LogP contribution < -0.4 is 5.32 Å². The van der Waals surface area contributed by atoms with Crippen LogP contribution in [0.5, 0.6) is 0 Å². The van der Waals surface area contributed by atoms with E-state index in [1.165, 1.54) is 31.2 Å². The van der Waals surface area contributed by atoms with Crippen LogP contribution in [0.25, 0.3) is 0 Å². The van der Waals surface area contributed by atoms with Gasteiger partial charge in [0.15, 0.2) is 0 Å². The van der Waals surface area contributed by atoms with Crippen molar-refractivity contribution in [3.8, 4) is 0 Å². The Balaban J connectivity index is 1.98. The normalized spacial score (nSPS) is 26.2. The third kappa shape index (κ3) is 3.58. The maximum Gasteiger partial charge on any atom is 0.0522 e. The first-order valence-corrected chi connectivity index (χ1v) is 7.40. The molecular formula is C15H27N3. The second kappa shape index (κ2) is 6.37. The predicted octanol–water partition coefficient (Wildman–Crippen LogP) is 2.77. The van der Waals surface area contributed by atoms with E-state index in [1.807, 2.05) is 17.9 Å². The molecule has 1 aromatic heterocycles. The number of hydrogen-bond donors (Lipinski definition) is 1. The number of aryl methyl sites for hydroxylation is 1. The van der Waals surface area contributed by atoms with Crippen LogP contribution in [0.4, 0.5) is 0 Å². The first-order valence-electron chi connectivity index (χ1n) is 7.40. The zero-order valence-corrected chi connectivity index (χ0v) is 12.0. The smallest absolute Gasteiger partial charge is 0.0522 e. The fourth-order valence-electron chi connectivity index (χ4n) is 3.35. The molecule has 1 aromatic rings. The average Bonchev–Trinajstić information content (AvgIpc) is 2.74. The Morgan fingerprint density at radius 1 is 1.50 bits per heavy atom. The van der Waals surface area contributed by atoms with E-state index in [9.17, 15) is 0 Å². The Kier molecular flexibility index (Phi) is 4.81. The van der Waals surface area contributed by atoms with Crippen molar-refractivity contribution in [1.82, 2.24) is 15.1 Å². The summed E-state index contributed by atoms with van der Waals surface area (Å²) in [5.41, 5.74) is 1.36. The van der Waals surface area contributed by atoms with Gasteiger partial charge in [0.05, 0.1) is 6.20 Å². The lowest BCUT2D eigenvalue weighted by Gasteiger charge is -2.33. The molecule has 3 heteroatoms. The van der Waals surface area contributed by atoms with Gasteiger partial charge in [-0.25, -0.2) is 0 Å². The number of nitrogens with one attached hydrogen (secondary N) is 1. The van der Waals surface area contributed by atoms with Crippen LogP contribution in [0.1, 0.15) is 45.1 Å². The topological polar surface area (TPSA) is 29.9 Å². The molecule has 0 spiro atoms. The zero-order valence-electron chi connectivity index (χ0n) is 12.0. The van der Waals surface area contributed by atoms with Crippen molar-refractivity contribution in [3.63, 3.8) is 0 Å². The van der Waals surface area contributed by atoms with Crippen LogP contribution in [-0.2, 0) is 13.5 Å². The van der Waals surface area contributed by atoms with Crippen molar-refractivity contribution < 1.29 is 0 Å². The van der Waals surface area contributed by atoms with Gasteiger partial charge in [-0.15, -0.1) is 0 Å². The summed E-state index contributed by atoms with van der Waals surface area (Å²) in [5, 5.41) is 7.97. The molecule has 1 aliphatic rings. The Morgan fingerprint density at radius 2 is 2.33 bits per heavy atom. The van der Waals surface area contributed by atoms with Crippen LogP contribution in [0.3, 0.4) is 0 Å². The third-order valence-electron chi connectivity index (χ3n) is 4.23. The van der Waals surface area contributed by atoms with Crippen molar-refractivity contribution in [3.05, 3.63) is 18.0 Å². The van der Waals surface area contributed by atoms with E-state index in [-0.39, 0.29) is 0 Å². The molecule has 1 aliphatic carbocycles. The maximum absolute atomic E-state index is 4.28. The average molecular weight is 249 g/mol. The molecule has 1 N–H and O–H groups in total. The minimum atomic E-state index is 0.627. The highest BCUT2D eigenvalue weighted by Gasteiger charge is 2.26. The Hall–Kier alpha value is -0.830. The number of hydrogen-bond acceptors (Lipinski definition) is 2. The largest absolute Gasteiger partial charge is 0.314 e. The molecule has 18 heavy (non-hydrogen) atoms. The molecule has 2 rings (SSSR count). The molecule has 0 aromatic carbocycles. The lowest BCUT2D eigenvalue weighted by Crippen LogP contribution is -2.39. The molecular weight excluding hydrogens is 222 g/mol. The van der Waals surface area contributed by atoms with Crippen LogP contribution in [0, 0.1) is 11.8 Å². The third-order valence-corrected chi connectivity index (χ3v) is 4.23. The molecule has 3 nitrogen and oxygen atoms in total. The zero-order chi connectivity index (χ0) is 13.0. The molecule has 1 fully saturated rings. The van der Waals surface area contributed by atoms with E-state index < -0.39 is 0 Å². The number of aromatic nitrogens is 2. The summed E-state index contributed by atoms with van der Waals surface area (Å²) < 4.78 is 1.90. The van der Waals surface area contributed by atoms with E-state index in [0.29, 0.717) is 6.04 Å². The van der Waals surface area contributed by atoms with E-state index in [1.54, 1.807) is 0 Å². The monoisotopic (exact) mass is 249 g/mol. The molecule has 3 unspecified atom stereocenters. The summed E-state index contributed by atoms with van der Waals surface area (Å²) in [5.74, 6) is 1.74. The number of likely N-dealkylation sites (N-methyl/N-ethyl adjacent to an activating group) is 1. The van der Waals surface area contributed by atoms with Gasteiger partial charge >= 0.3 is 0 Å². The molecule has 0 saturated heterocycles. The van der Waals surface area contributed by atoms with E-state index in [2.05, 4.69) is 30.5 Å². The molecule has 102 valence electrons. The van der Waals surface area contributed by atoms with Gasteiger partial charge in [-0.05, 0) is 43.2 Å². The van der Waals surface area contributed by atoms with Gasteiger partial charge in [0.25, 0.3) is 0 Å². The van der Waals surface area contributed by atoms with Crippen molar-refractivity contribution in [2.45, 2.75) is 52.0 Å². The Morgan fingerprint density at radius 3 is 2.94 bits per heavy atom. The first kappa shape index (κ1) is 13.6. The molecule has 0 amide bonds. The standard InChI is InChI=1S/C15H27N3/c1-4-16-15(9-13-10-17-18(3)11-13)14-7-5-6-12(2)8-14/h10-12,14-16H,4-9H2,1-3H3. The van der Waals surface area contributed by atoms with Gasteiger partial charge in [-0.2, -0.15) is 5.10 Å². The Labute approximate surface area is 111 Å². The predicted molar refractivity (Wildman–Crippen MR) is 75.5 cm³/mol. The second-order valence-electron chi connectivity index (χ2n) is 5.92. The number of rotatable bonds is 5. The van der Waals surface area contributed by atoms with Crippen molar-refractivity contribution in [1.29, 1.82) is 0 Å². The van der Waals surface area contributed by atoms with Crippen molar-refractivity contribution in [2.75, 3.05) is 6.54 Å². The first-order chi connectivity index (χ1) is 8.69. The van der Waals surface area contributed by atoms with Gasteiger partial charge in [0, 0.05) is 19.3 Å². The molecule has 1 heterocycles. The summed E-state index contributed by atoms with van der Waals surface area (Å²) in [6.07, 6.45) is 10.9. The van der Waals surface area contributed by atoms with Gasteiger partial charge in [-0.1, -0.05) is 26.7 Å². The van der Waals surface area contributed by atoms with Crippen LogP contribution in [0.2, 0.25) is 0 Å². The second-order valence-corrected chi connectivity index (χ2v) is 5.92. The fraction of sp³-hybridized carbons (Fsp3) is 0.800. The SMILES string of the molecule is CCNC(Cc1cnn(C)c1)C1CCCC(C)C1. The maximum atomic E-state index is 4.28. The summed E-state index contributed by atoms with van der Waals surface area (Å²) >= 11 is 0. The van der Waals surface area contributed by atoms with E-state index in [0.717, 1.165) is 24.8 Å². The minimum Gasteiger partial charge on any atom is -0.314 e. The highest BCUT2D eigenvalue weighted by Crippen LogP contribution is 2.31.